The number of hydrogen-bond acceptors (Lipinski definition) is 5. The van der Waals surface area contributed by atoms with Crippen molar-refractivity contribution in [2.45, 2.75) is 6.42 Å². The average Bonchev–Trinajstić information content (AvgIpc) is 2.82. The third kappa shape index (κ3) is 3.08. The molecule has 0 saturated heterocycles. The van der Waals surface area contributed by atoms with Gasteiger partial charge in [-0.25, -0.2) is 4.98 Å². The fourth-order valence-electron chi connectivity index (χ4n) is 1.51. The van der Waals surface area contributed by atoms with Gasteiger partial charge in [0.2, 0.25) is 5.28 Å². The number of anilines is 2. The maximum atomic E-state index is 5.82. The molecule has 90 valence electrons. The van der Waals surface area contributed by atoms with Gasteiger partial charge in [0, 0.05) is 18.5 Å². The van der Waals surface area contributed by atoms with Crippen molar-refractivity contribution in [3.05, 3.63) is 33.9 Å². The molecule has 6 heteroatoms. The smallest absolute Gasteiger partial charge is 0.224 e. The van der Waals surface area contributed by atoms with Crippen molar-refractivity contribution in [2.24, 2.45) is 0 Å². The van der Waals surface area contributed by atoms with E-state index in [-0.39, 0.29) is 5.28 Å². The lowest BCUT2D eigenvalue weighted by Crippen LogP contribution is -2.22. The second-order valence-electron chi connectivity index (χ2n) is 3.67. The van der Waals surface area contributed by atoms with Gasteiger partial charge in [0.25, 0.3) is 0 Å². The number of aromatic nitrogens is 2. The minimum absolute atomic E-state index is 0.220. The first-order valence-electron chi connectivity index (χ1n) is 5.18. The maximum absolute atomic E-state index is 5.82. The third-order valence-corrected chi connectivity index (χ3v) is 3.52. The van der Waals surface area contributed by atoms with E-state index in [1.54, 1.807) is 11.3 Å². The monoisotopic (exact) mass is 268 g/mol. The summed E-state index contributed by atoms with van der Waals surface area (Å²) in [7, 11) is 1.95. The lowest BCUT2D eigenvalue weighted by atomic mass is 10.3. The summed E-state index contributed by atoms with van der Waals surface area (Å²) < 4.78 is 0. The predicted molar refractivity (Wildman–Crippen MR) is 72.7 cm³/mol. The first kappa shape index (κ1) is 12.1. The highest BCUT2D eigenvalue weighted by Gasteiger charge is 2.08. The molecule has 0 aromatic carbocycles. The molecular weight excluding hydrogens is 256 g/mol. The van der Waals surface area contributed by atoms with E-state index in [4.69, 9.17) is 17.3 Å². The summed E-state index contributed by atoms with van der Waals surface area (Å²) in [6, 6.07) is 4.17. The highest BCUT2D eigenvalue weighted by atomic mass is 35.5. The summed E-state index contributed by atoms with van der Waals surface area (Å²) in [4.78, 5) is 11.3. The van der Waals surface area contributed by atoms with E-state index >= 15 is 0 Å². The van der Waals surface area contributed by atoms with Gasteiger partial charge < -0.3 is 10.6 Å². The van der Waals surface area contributed by atoms with Crippen LogP contribution in [0, 0.1) is 0 Å². The van der Waals surface area contributed by atoms with Crippen molar-refractivity contribution in [2.75, 3.05) is 24.2 Å². The van der Waals surface area contributed by atoms with Crippen LogP contribution in [0.25, 0.3) is 0 Å². The molecule has 0 atom stereocenters. The number of likely N-dealkylation sites (N-methyl/N-ethyl adjacent to an activating group) is 1. The molecule has 0 aliphatic rings. The second-order valence-corrected chi connectivity index (χ2v) is 5.04. The zero-order valence-corrected chi connectivity index (χ0v) is 11.0. The summed E-state index contributed by atoms with van der Waals surface area (Å²) in [5, 5.41) is 2.29. The van der Waals surface area contributed by atoms with Gasteiger partial charge in [-0.2, -0.15) is 4.98 Å². The normalized spacial score (nSPS) is 10.5. The molecule has 2 rings (SSSR count). The third-order valence-electron chi connectivity index (χ3n) is 2.40. The number of rotatable bonds is 4. The molecule has 0 aliphatic heterocycles. The fraction of sp³-hybridized carbons (Fsp3) is 0.273. The first-order valence-corrected chi connectivity index (χ1v) is 6.44. The number of halogens is 1. The molecule has 4 nitrogen and oxygen atoms in total. The summed E-state index contributed by atoms with van der Waals surface area (Å²) in [6.07, 6.45) is 2.50. The lowest BCUT2D eigenvalue weighted by molar-refractivity contribution is 0.866. The van der Waals surface area contributed by atoms with Crippen molar-refractivity contribution in [1.82, 2.24) is 9.97 Å². The molecule has 0 unspecified atom stereocenters. The van der Waals surface area contributed by atoms with Crippen LogP contribution in [0.3, 0.4) is 0 Å². The van der Waals surface area contributed by atoms with Crippen LogP contribution in [0.5, 0.6) is 0 Å². The van der Waals surface area contributed by atoms with E-state index in [2.05, 4.69) is 27.5 Å². The molecule has 0 spiro atoms. The minimum atomic E-state index is 0.220. The zero-order valence-electron chi connectivity index (χ0n) is 9.43. The Morgan fingerprint density at radius 3 is 3.06 bits per heavy atom. The molecule has 2 aromatic rings. The van der Waals surface area contributed by atoms with Gasteiger partial charge in [0.1, 0.15) is 0 Å². The van der Waals surface area contributed by atoms with Crippen LogP contribution in [0.2, 0.25) is 5.28 Å². The number of nitrogen functional groups attached to an aromatic ring is 1. The van der Waals surface area contributed by atoms with Gasteiger partial charge in [-0.15, -0.1) is 11.3 Å². The molecular formula is C11H13ClN4S. The van der Waals surface area contributed by atoms with Crippen LogP contribution in [0.1, 0.15) is 4.88 Å². The molecule has 2 N–H and O–H groups in total. The Bertz CT molecular complexity index is 486. The summed E-state index contributed by atoms with van der Waals surface area (Å²) in [6.45, 7) is 0.845. The Hall–Kier alpha value is -1.33. The van der Waals surface area contributed by atoms with E-state index in [1.807, 2.05) is 11.9 Å². The number of thiophene rings is 1. The molecule has 2 heterocycles. The molecule has 0 bridgehead atoms. The molecule has 0 radical (unpaired) electrons. The van der Waals surface area contributed by atoms with Gasteiger partial charge in [-0.05, 0) is 29.5 Å². The largest absolute Gasteiger partial charge is 0.394 e. The zero-order chi connectivity index (χ0) is 12.3. The van der Waals surface area contributed by atoms with E-state index in [1.165, 1.54) is 11.1 Å². The highest BCUT2D eigenvalue weighted by Crippen LogP contribution is 2.20. The molecule has 2 aromatic heterocycles. The Balaban J connectivity index is 2.04. The van der Waals surface area contributed by atoms with Gasteiger partial charge in [0.15, 0.2) is 5.82 Å². The van der Waals surface area contributed by atoms with Crippen LogP contribution in [0.15, 0.2) is 23.7 Å². The van der Waals surface area contributed by atoms with E-state index in [0.717, 1.165) is 13.0 Å². The van der Waals surface area contributed by atoms with Gasteiger partial charge in [-0.3, -0.25) is 0 Å². The van der Waals surface area contributed by atoms with E-state index in [0.29, 0.717) is 11.5 Å². The van der Waals surface area contributed by atoms with Crippen LogP contribution in [0.4, 0.5) is 11.5 Å². The Morgan fingerprint density at radius 2 is 2.35 bits per heavy atom. The van der Waals surface area contributed by atoms with Crippen LogP contribution in [-0.4, -0.2) is 23.6 Å². The predicted octanol–water partition coefficient (Wildman–Crippen LogP) is 2.45. The topological polar surface area (TPSA) is 55.0 Å². The lowest BCUT2D eigenvalue weighted by Gasteiger charge is -2.19. The van der Waals surface area contributed by atoms with E-state index < -0.39 is 0 Å². The highest BCUT2D eigenvalue weighted by molar-refractivity contribution is 7.09. The van der Waals surface area contributed by atoms with Gasteiger partial charge >= 0.3 is 0 Å². The fourth-order valence-corrected chi connectivity index (χ4v) is 2.33. The minimum Gasteiger partial charge on any atom is -0.394 e. The van der Waals surface area contributed by atoms with Crippen molar-refractivity contribution >= 4 is 34.4 Å². The number of hydrogen-bond donors (Lipinski definition) is 1. The molecule has 0 aliphatic carbocycles. The maximum Gasteiger partial charge on any atom is 0.224 e. The Morgan fingerprint density at radius 1 is 1.53 bits per heavy atom. The summed E-state index contributed by atoms with van der Waals surface area (Å²) in [5.74, 6) is 0.682. The molecule has 0 saturated carbocycles. The quantitative estimate of drug-likeness (QED) is 0.866. The Kier molecular flexibility index (Phi) is 3.81. The van der Waals surface area contributed by atoms with Crippen LogP contribution >= 0.6 is 22.9 Å². The van der Waals surface area contributed by atoms with Gasteiger partial charge in [-0.1, -0.05) is 6.07 Å². The Labute approximate surface area is 109 Å². The number of nitrogens with two attached hydrogens (primary N) is 1. The van der Waals surface area contributed by atoms with Crippen LogP contribution in [-0.2, 0) is 6.42 Å². The van der Waals surface area contributed by atoms with E-state index in [9.17, 15) is 0 Å². The van der Waals surface area contributed by atoms with Crippen molar-refractivity contribution in [3.8, 4) is 0 Å². The second kappa shape index (κ2) is 5.33. The summed E-state index contributed by atoms with van der Waals surface area (Å²) >= 11 is 7.51. The summed E-state index contributed by atoms with van der Waals surface area (Å²) in [5.41, 5.74) is 6.36. The molecule has 0 amide bonds. The van der Waals surface area contributed by atoms with Crippen molar-refractivity contribution in [1.29, 1.82) is 0 Å². The average molecular weight is 269 g/mol. The molecule has 0 fully saturated rings. The SMILES string of the molecule is CN(CCc1cccs1)c1nc(Cl)ncc1N. The van der Waals surface area contributed by atoms with Crippen LogP contribution < -0.4 is 10.6 Å². The van der Waals surface area contributed by atoms with Gasteiger partial charge in [0.05, 0.1) is 11.9 Å². The first-order chi connectivity index (χ1) is 8.16. The molecule has 17 heavy (non-hydrogen) atoms. The van der Waals surface area contributed by atoms with Crippen molar-refractivity contribution < 1.29 is 0 Å². The van der Waals surface area contributed by atoms with Crippen molar-refractivity contribution in [3.63, 3.8) is 0 Å². The standard InChI is InChI=1S/C11H13ClN4S/c1-16(5-4-8-3-2-6-17-8)10-9(13)7-14-11(12)15-10/h2-3,6-7H,4-5,13H2,1H3. The number of nitrogens with zero attached hydrogens (tertiary/aromatic N) is 3.